The van der Waals surface area contributed by atoms with Crippen molar-refractivity contribution in [3.8, 4) is 5.75 Å². The Balaban J connectivity index is 2.22. The third kappa shape index (κ3) is 3.95. The molecule has 5 nitrogen and oxygen atoms in total. The van der Waals surface area contributed by atoms with Crippen LogP contribution in [0.15, 0.2) is 59.5 Å². The van der Waals surface area contributed by atoms with Gasteiger partial charge in [0.1, 0.15) is 11.4 Å². The molecule has 2 aromatic rings. The summed E-state index contributed by atoms with van der Waals surface area (Å²) in [5.74, 6) is 0.609. The van der Waals surface area contributed by atoms with Gasteiger partial charge in [-0.05, 0) is 36.2 Å². The monoisotopic (exact) mass is 349 g/mol. The van der Waals surface area contributed by atoms with Crippen molar-refractivity contribution in [1.82, 2.24) is 4.72 Å². The second kappa shape index (κ2) is 7.79. The maximum absolute atomic E-state index is 12.5. The van der Waals surface area contributed by atoms with E-state index in [1.54, 1.807) is 19.2 Å². The highest BCUT2D eigenvalue weighted by molar-refractivity contribution is 7.89. The van der Waals surface area contributed by atoms with Crippen LogP contribution in [0.2, 0.25) is 0 Å². The highest BCUT2D eigenvalue weighted by Crippen LogP contribution is 2.28. The third-order valence-corrected chi connectivity index (χ3v) is 5.60. The molecule has 1 N–H and O–H groups in total. The van der Waals surface area contributed by atoms with Gasteiger partial charge < -0.3 is 9.47 Å². The molecule has 0 radical (unpaired) electrons. The first kappa shape index (κ1) is 18.4. The van der Waals surface area contributed by atoms with Crippen LogP contribution in [0, 0.1) is 0 Å². The van der Waals surface area contributed by atoms with Crippen LogP contribution >= 0.6 is 0 Å². The zero-order valence-corrected chi connectivity index (χ0v) is 15.0. The predicted octanol–water partition coefficient (Wildman–Crippen LogP) is 2.93. The number of ether oxygens (including phenoxy) is 2. The van der Waals surface area contributed by atoms with Gasteiger partial charge in [0.2, 0.25) is 10.0 Å². The number of nitrogens with one attached hydrogen (secondary N) is 1. The quantitative estimate of drug-likeness (QED) is 0.796. The maximum atomic E-state index is 12.5. The first-order valence-corrected chi connectivity index (χ1v) is 9.20. The van der Waals surface area contributed by atoms with Gasteiger partial charge in [-0.3, -0.25) is 0 Å². The molecule has 0 aromatic heterocycles. The van der Waals surface area contributed by atoms with Gasteiger partial charge in [0, 0.05) is 13.7 Å². The molecule has 2 aromatic carbocycles. The molecule has 6 heteroatoms. The number of sulfonamides is 1. The van der Waals surface area contributed by atoms with Crippen molar-refractivity contribution in [2.24, 2.45) is 0 Å². The molecule has 0 aliphatic heterocycles. The maximum Gasteiger partial charge on any atom is 0.240 e. The Hall–Kier alpha value is -1.89. The van der Waals surface area contributed by atoms with Gasteiger partial charge in [-0.25, -0.2) is 13.1 Å². The molecule has 2 rings (SSSR count). The normalized spacial score (nSPS) is 14.1. The Morgan fingerprint density at radius 1 is 1.00 bits per heavy atom. The lowest BCUT2D eigenvalue weighted by Gasteiger charge is -2.32. The van der Waals surface area contributed by atoms with Crippen LogP contribution in [0.4, 0.5) is 0 Å². The molecule has 0 aliphatic carbocycles. The molecule has 0 spiro atoms. The van der Waals surface area contributed by atoms with Crippen LogP contribution in [-0.2, 0) is 20.4 Å². The van der Waals surface area contributed by atoms with E-state index in [2.05, 4.69) is 4.72 Å². The summed E-state index contributed by atoms with van der Waals surface area (Å²) in [6.45, 7) is 2.12. The van der Waals surface area contributed by atoms with Gasteiger partial charge in [-0.1, -0.05) is 37.3 Å². The average molecular weight is 349 g/mol. The van der Waals surface area contributed by atoms with Gasteiger partial charge in [0.25, 0.3) is 0 Å². The van der Waals surface area contributed by atoms with Crippen LogP contribution in [0.5, 0.6) is 5.75 Å². The van der Waals surface area contributed by atoms with E-state index in [0.717, 1.165) is 5.56 Å². The molecule has 0 heterocycles. The van der Waals surface area contributed by atoms with E-state index in [-0.39, 0.29) is 11.4 Å². The molecular weight excluding hydrogens is 326 g/mol. The Kier molecular flexibility index (Phi) is 5.99. The third-order valence-electron chi connectivity index (χ3n) is 4.18. The SMILES string of the molecule is CCC(CNS(=O)(=O)c1ccc(OC)cc1)(OC)c1ccccc1. The summed E-state index contributed by atoms with van der Waals surface area (Å²) in [7, 11) is -0.499. The van der Waals surface area contributed by atoms with Crippen LogP contribution in [-0.4, -0.2) is 29.2 Å². The van der Waals surface area contributed by atoms with Crippen molar-refractivity contribution in [3.05, 3.63) is 60.2 Å². The molecule has 0 saturated carbocycles. The van der Waals surface area contributed by atoms with Crippen molar-refractivity contribution < 1.29 is 17.9 Å². The summed E-state index contributed by atoms with van der Waals surface area (Å²) in [4.78, 5) is 0.192. The van der Waals surface area contributed by atoms with Gasteiger partial charge in [0.05, 0.1) is 12.0 Å². The minimum absolute atomic E-state index is 0.151. The van der Waals surface area contributed by atoms with Crippen molar-refractivity contribution >= 4 is 10.0 Å². The smallest absolute Gasteiger partial charge is 0.240 e. The first-order chi connectivity index (χ1) is 11.5. The zero-order valence-electron chi connectivity index (χ0n) is 14.2. The van der Waals surface area contributed by atoms with Crippen LogP contribution in [0.25, 0.3) is 0 Å². The lowest BCUT2D eigenvalue weighted by Crippen LogP contribution is -2.41. The second-order valence-electron chi connectivity index (χ2n) is 5.42. The van der Waals surface area contributed by atoms with Gasteiger partial charge in [-0.15, -0.1) is 0 Å². The van der Waals surface area contributed by atoms with E-state index in [0.29, 0.717) is 12.2 Å². The van der Waals surface area contributed by atoms with Crippen molar-refractivity contribution in [2.75, 3.05) is 20.8 Å². The summed E-state index contributed by atoms with van der Waals surface area (Å²) in [6, 6.07) is 15.9. The van der Waals surface area contributed by atoms with Crippen molar-refractivity contribution in [1.29, 1.82) is 0 Å². The molecule has 1 atom stereocenters. The fourth-order valence-corrected chi connectivity index (χ4v) is 3.64. The number of hydrogen-bond acceptors (Lipinski definition) is 4. The number of methoxy groups -OCH3 is 2. The van der Waals surface area contributed by atoms with Gasteiger partial charge >= 0.3 is 0 Å². The lowest BCUT2D eigenvalue weighted by atomic mass is 9.91. The largest absolute Gasteiger partial charge is 0.497 e. The van der Waals surface area contributed by atoms with E-state index in [1.807, 2.05) is 37.3 Å². The molecule has 0 aliphatic rings. The Bertz CT molecular complexity index is 738. The number of benzene rings is 2. The van der Waals surface area contributed by atoms with Crippen LogP contribution in [0.1, 0.15) is 18.9 Å². The summed E-state index contributed by atoms with van der Waals surface area (Å²) < 4.78 is 38.5. The van der Waals surface area contributed by atoms with Crippen molar-refractivity contribution in [2.45, 2.75) is 23.8 Å². The molecule has 0 fully saturated rings. The Morgan fingerprint density at radius 3 is 2.12 bits per heavy atom. The highest BCUT2D eigenvalue weighted by Gasteiger charge is 2.32. The van der Waals surface area contributed by atoms with E-state index < -0.39 is 15.6 Å². The predicted molar refractivity (Wildman–Crippen MR) is 93.6 cm³/mol. The van der Waals surface area contributed by atoms with E-state index in [9.17, 15) is 8.42 Å². The summed E-state index contributed by atoms with van der Waals surface area (Å²) in [5, 5.41) is 0. The van der Waals surface area contributed by atoms with E-state index >= 15 is 0 Å². The Labute approximate surface area is 143 Å². The highest BCUT2D eigenvalue weighted by atomic mass is 32.2. The van der Waals surface area contributed by atoms with Crippen LogP contribution in [0.3, 0.4) is 0 Å². The molecular formula is C18H23NO4S. The minimum atomic E-state index is -3.63. The number of hydrogen-bond donors (Lipinski definition) is 1. The molecule has 0 saturated heterocycles. The van der Waals surface area contributed by atoms with Gasteiger partial charge in [0.15, 0.2) is 0 Å². The number of rotatable bonds is 8. The van der Waals surface area contributed by atoms with Crippen molar-refractivity contribution in [3.63, 3.8) is 0 Å². The summed E-state index contributed by atoms with van der Waals surface area (Å²) in [5.41, 5.74) is 0.230. The summed E-state index contributed by atoms with van der Waals surface area (Å²) >= 11 is 0. The molecule has 130 valence electrons. The zero-order chi connectivity index (χ0) is 17.6. The molecule has 0 amide bonds. The minimum Gasteiger partial charge on any atom is -0.497 e. The molecule has 1 unspecified atom stereocenters. The second-order valence-corrected chi connectivity index (χ2v) is 7.19. The average Bonchev–Trinajstić information content (AvgIpc) is 2.64. The van der Waals surface area contributed by atoms with E-state index in [4.69, 9.17) is 9.47 Å². The first-order valence-electron chi connectivity index (χ1n) is 7.72. The molecule has 24 heavy (non-hydrogen) atoms. The molecule has 0 bridgehead atoms. The standard InChI is InChI=1S/C18H23NO4S/c1-4-18(23-3,15-8-6-5-7-9-15)14-19-24(20,21)17-12-10-16(22-2)11-13-17/h5-13,19H,4,14H2,1-3H3. The Morgan fingerprint density at radius 2 is 1.62 bits per heavy atom. The topological polar surface area (TPSA) is 64.6 Å². The summed E-state index contributed by atoms with van der Waals surface area (Å²) in [6.07, 6.45) is 0.638. The fraction of sp³-hybridized carbons (Fsp3) is 0.333. The lowest BCUT2D eigenvalue weighted by molar-refractivity contribution is -0.0133. The van der Waals surface area contributed by atoms with Gasteiger partial charge in [-0.2, -0.15) is 0 Å². The van der Waals surface area contributed by atoms with E-state index in [1.165, 1.54) is 19.2 Å². The fourth-order valence-electron chi connectivity index (χ4n) is 2.56. The van der Waals surface area contributed by atoms with Crippen LogP contribution < -0.4 is 9.46 Å².